The van der Waals surface area contributed by atoms with Crippen molar-refractivity contribution in [1.29, 1.82) is 5.26 Å². The van der Waals surface area contributed by atoms with E-state index >= 15 is 0 Å². The van der Waals surface area contributed by atoms with Gasteiger partial charge in [0.25, 0.3) is 0 Å². The minimum atomic E-state index is 0.624. The highest BCUT2D eigenvalue weighted by Crippen LogP contribution is 2.12. The predicted molar refractivity (Wildman–Crippen MR) is 39.5 cm³/mol. The van der Waals surface area contributed by atoms with Crippen molar-refractivity contribution in [1.82, 2.24) is 9.55 Å². The molecule has 0 aliphatic carbocycles. The van der Waals surface area contributed by atoms with E-state index in [0.29, 0.717) is 6.54 Å². The molecule has 0 saturated carbocycles. The second-order valence-corrected chi connectivity index (χ2v) is 2.30. The van der Waals surface area contributed by atoms with Gasteiger partial charge in [0.2, 0.25) is 5.95 Å². The lowest BCUT2D eigenvalue weighted by atomic mass is 10.3. The fourth-order valence-corrected chi connectivity index (χ4v) is 1.03. The van der Waals surface area contributed by atoms with Gasteiger partial charge < -0.3 is 9.88 Å². The molecule has 1 aromatic heterocycles. The lowest BCUT2D eigenvalue weighted by Crippen LogP contribution is -2.10. The first-order chi connectivity index (χ1) is 5.40. The summed E-state index contributed by atoms with van der Waals surface area (Å²) in [5.74, 6) is 0.795. The zero-order chi connectivity index (χ0) is 7.68. The van der Waals surface area contributed by atoms with Crippen LogP contribution in [0.1, 0.15) is 0 Å². The molecule has 0 atom stereocenters. The van der Waals surface area contributed by atoms with Crippen molar-refractivity contribution in [2.24, 2.45) is 0 Å². The zero-order valence-electron chi connectivity index (χ0n) is 5.78. The molecule has 4 nitrogen and oxygen atoms in total. The highest BCUT2D eigenvalue weighted by molar-refractivity contribution is 5.40. The van der Waals surface area contributed by atoms with Gasteiger partial charge in [-0.2, -0.15) is 5.26 Å². The summed E-state index contributed by atoms with van der Waals surface area (Å²) in [5, 5.41) is 11.5. The smallest absolute Gasteiger partial charge is 0.207 e. The van der Waals surface area contributed by atoms with E-state index in [-0.39, 0.29) is 0 Å². The molecule has 0 bridgehead atoms. The number of anilines is 1. The largest absolute Gasteiger partial charge is 0.331 e. The summed E-state index contributed by atoms with van der Waals surface area (Å²) in [6.45, 7) is 0.624. The molecule has 4 heteroatoms. The Balaban J connectivity index is 2.35. The van der Waals surface area contributed by atoms with Crippen molar-refractivity contribution < 1.29 is 0 Å². The monoisotopic (exact) mass is 146 g/mol. The highest BCUT2D eigenvalue weighted by atomic mass is 15.2. The summed E-state index contributed by atoms with van der Waals surface area (Å²) in [7, 11) is 0. The first-order valence-corrected chi connectivity index (χ1v) is 3.27. The molecule has 0 spiro atoms. The van der Waals surface area contributed by atoms with E-state index in [9.17, 15) is 0 Å². The maximum Gasteiger partial charge on any atom is 0.207 e. The number of fused-ring (bicyclic) bond motifs is 1. The number of allylic oxidation sites excluding steroid dienone is 1. The number of aromatic nitrogens is 2. The number of nitrogens with one attached hydrogen (secondary N) is 1. The van der Waals surface area contributed by atoms with Crippen molar-refractivity contribution in [2.45, 2.75) is 6.54 Å². The van der Waals surface area contributed by atoms with Gasteiger partial charge in [-0.05, 0) is 0 Å². The van der Waals surface area contributed by atoms with E-state index in [2.05, 4.69) is 16.4 Å². The molecule has 1 aliphatic heterocycles. The average Bonchev–Trinajstić information content (AvgIpc) is 2.50. The van der Waals surface area contributed by atoms with Crippen molar-refractivity contribution in [3.05, 3.63) is 24.2 Å². The van der Waals surface area contributed by atoms with Crippen LogP contribution in [0.2, 0.25) is 0 Å². The molecule has 0 unspecified atom stereocenters. The normalized spacial score (nSPS) is 14.3. The number of hydrogen-bond acceptors (Lipinski definition) is 3. The van der Waals surface area contributed by atoms with E-state index in [1.807, 2.05) is 10.8 Å². The standard InChI is InChI=1S/C7H6N4/c8-3-6-4-10-7-9-1-2-11(7)5-6/h1-2,4H,5H2,(H,9,10). The molecule has 0 radical (unpaired) electrons. The summed E-state index contributed by atoms with van der Waals surface area (Å²) in [5.41, 5.74) is 0.718. The number of nitriles is 1. The number of imidazole rings is 1. The predicted octanol–water partition coefficient (Wildman–Crippen LogP) is 0.716. The first kappa shape index (κ1) is 5.98. The Kier molecular flexibility index (Phi) is 1.16. The van der Waals surface area contributed by atoms with Crippen LogP contribution in [0.3, 0.4) is 0 Å². The van der Waals surface area contributed by atoms with Gasteiger partial charge in [0.15, 0.2) is 0 Å². The van der Waals surface area contributed by atoms with Crippen LogP contribution < -0.4 is 5.32 Å². The van der Waals surface area contributed by atoms with Crippen molar-refractivity contribution in [2.75, 3.05) is 5.32 Å². The number of nitrogens with zero attached hydrogens (tertiary/aromatic N) is 3. The van der Waals surface area contributed by atoms with Gasteiger partial charge in [-0.25, -0.2) is 4.98 Å². The molecule has 54 valence electrons. The molecule has 1 aliphatic rings. The first-order valence-electron chi connectivity index (χ1n) is 3.27. The van der Waals surface area contributed by atoms with Gasteiger partial charge in [-0.3, -0.25) is 0 Å². The summed E-state index contributed by atoms with van der Waals surface area (Å²) in [6.07, 6.45) is 5.23. The van der Waals surface area contributed by atoms with E-state index < -0.39 is 0 Å². The topological polar surface area (TPSA) is 53.6 Å². The van der Waals surface area contributed by atoms with Gasteiger partial charge >= 0.3 is 0 Å². The summed E-state index contributed by atoms with van der Waals surface area (Å²) in [4.78, 5) is 4.02. The lowest BCUT2D eigenvalue weighted by Gasteiger charge is -2.11. The Hall–Kier alpha value is -1.76. The van der Waals surface area contributed by atoms with Gasteiger partial charge in [-0.1, -0.05) is 0 Å². The van der Waals surface area contributed by atoms with Crippen LogP contribution in [0.15, 0.2) is 24.2 Å². The zero-order valence-corrected chi connectivity index (χ0v) is 5.78. The molecule has 0 fully saturated rings. The van der Waals surface area contributed by atoms with E-state index in [4.69, 9.17) is 5.26 Å². The molecule has 2 heterocycles. The third kappa shape index (κ3) is 0.867. The number of hydrogen-bond donors (Lipinski definition) is 1. The third-order valence-electron chi connectivity index (χ3n) is 1.58. The van der Waals surface area contributed by atoms with Gasteiger partial charge in [0.1, 0.15) is 0 Å². The maximum absolute atomic E-state index is 8.56. The average molecular weight is 146 g/mol. The van der Waals surface area contributed by atoms with Crippen LogP contribution in [-0.4, -0.2) is 9.55 Å². The van der Waals surface area contributed by atoms with E-state index in [1.165, 1.54) is 0 Å². The summed E-state index contributed by atoms with van der Waals surface area (Å²) < 4.78 is 1.89. The van der Waals surface area contributed by atoms with Crippen LogP contribution in [0.5, 0.6) is 0 Å². The van der Waals surface area contributed by atoms with Crippen LogP contribution in [0.25, 0.3) is 0 Å². The van der Waals surface area contributed by atoms with E-state index in [0.717, 1.165) is 11.5 Å². The van der Waals surface area contributed by atoms with Crippen molar-refractivity contribution in [3.8, 4) is 6.07 Å². The number of rotatable bonds is 0. The molecule has 0 amide bonds. The Morgan fingerprint density at radius 2 is 2.64 bits per heavy atom. The Morgan fingerprint density at radius 1 is 1.73 bits per heavy atom. The summed E-state index contributed by atoms with van der Waals surface area (Å²) in [6, 6.07) is 2.08. The molecule has 2 rings (SSSR count). The van der Waals surface area contributed by atoms with Crippen LogP contribution in [0.4, 0.5) is 5.95 Å². The quantitative estimate of drug-likeness (QED) is 0.586. The molecule has 0 aromatic carbocycles. The molecular weight excluding hydrogens is 140 g/mol. The molecular formula is C7H6N4. The van der Waals surface area contributed by atoms with Gasteiger partial charge in [-0.15, -0.1) is 0 Å². The minimum Gasteiger partial charge on any atom is -0.331 e. The van der Waals surface area contributed by atoms with Crippen LogP contribution in [0, 0.1) is 11.3 Å². The maximum atomic E-state index is 8.56. The Morgan fingerprint density at radius 3 is 3.45 bits per heavy atom. The fraction of sp³-hybridized carbons (Fsp3) is 0.143. The van der Waals surface area contributed by atoms with Crippen LogP contribution >= 0.6 is 0 Å². The highest BCUT2D eigenvalue weighted by Gasteiger charge is 2.08. The lowest BCUT2D eigenvalue weighted by molar-refractivity contribution is 0.790. The molecule has 1 N–H and O–H groups in total. The van der Waals surface area contributed by atoms with Crippen LogP contribution in [-0.2, 0) is 6.54 Å². The minimum absolute atomic E-state index is 0.624. The SMILES string of the molecule is N#CC1=CNc2nccn2C1. The molecule has 11 heavy (non-hydrogen) atoms. The fourth-order valence-electron chi connectivity index (χ4n) is 1.03. The second-order valence-electron chi connectivity index (χ2n) is 2.30. The van der Waals surface area contributed by atoms with Crippen molar-refractivity contribution >= 4 is 5.95 Å². The molecule has 0 saturated heterocycles. The summed E-state index contributed by atoms with van der Waals surface area (Å²) >= 11 is 0. The Bertz CT molecular complexity index is 342. The van der Waals surface area contributed by atoms with Gasteiger partial charge in [0.05, 0.1) is 18.2 Å². The Labute approximate surface area is 63.8 Å². The van der Waals surface area contributed by atoms with Gasteiger partial charge in [0, 0.05) is 18.6 Å². The van der Waals surface area contributed by atoms with Crippen molar-refractivity contribution in [3.63, 3.8) is 0 Å². The van der Waals surface area contributed by atoms with E-state index in [1.54, 1.807) is 12.4 Å². The molecule has 1 aromatic rings. The second kappa shape index (κ2) is 2.13. The third-order valence-corrected chi connectivity index (χ3v) is 1.58.